The number of ether oxygens (including phenoxy) is 4. The van der Waals surface area contributed by atoms with Gasteiger partial charge in [-0.3, -0.25) is 0 Å². The molecule has 0 spiro atoms. The molecule has 0 aliphatic carbocycles. The van der Waals surface area contributed by atoms with Crippen LogP contribution in [0, 0.1) is 23.7 Å². The second-order valence-electron chi connectivity index (χ2n) is 17.4. The SMILES string of the molecule is CC(C)CCC[C@@H](C)CCOc1ccc(N=Nc2ccc(C(=O)Oc3cc(OC(=O)c4ccc(N=Nc5ccc(OCC[C@H](C)CCCC(C)C)cc5)cc4)cc(C(=O)O)c3)cc2)cc1. The second-order valence-corrected chi connectivity index (χ2v) is 17.4. The average molecular weight is 883 g/mol. The molecule has 0 aliphatic rings. The molecule has 5 rings (SSSR count). The van der Waals surface area contributed by atoms with Gasteiger partial charge in [0.2, 0.25) is 0 Å². The van der Waals surface area contributed by atoms with Gasteiger partial charge < -0.3 is 24.1 Å². The minimum absolute atomic E-state index is 0.123. The molecular formula is C53H62N4O8. The molecule has 0 fully saturated rings. The molecule has 0 bridgehead atoms. The zero-order valence-electron chi connectivity index (χ0n) is 38.4. The summed E-state index contributed by atoms with van der Waals surface area (Å²) in [5.74, 6) is 1.21. The van der Waals surface area contributed by atoms with Gasteiger partial charge in [-0.1, -0.05) is 80.1 Å². The van der Waals surface area contributed by atoms with Gasteiger partial charge in [0, 0.05) is 6.07 Å². The molecule has 0 radical (unpaired) electrons. The Morgan fingerprint density at radius 2 is 0.769 bits per heavy atom. The summed E-state index contributed by atoms with van der Waals surface area (Å²) in [5, 5.41) is 26.8. The topological polar surface area (TPSA) is 158 Å². The number of hydrogen-bond acceptors (Lipinski definition) is 11. The number of aromatic carboxylic acids is 1. The predicted molar refractivity (Wildman–Crippen MR) is 253 cm³/mol. The van der Waals surface area contributed by atoms with Crippen LogP contribution in [-0.4, -0.2) is 36.2 Å². The van der Waals surface area contributed by atoms with Crippen LogP contribution in [0.4, 0.5) is 22.7 Å². The van der Waals surface area contributed by atoms with E-state index in [-0.39, 0.29) is 28.2 Å². The Labute approximate surface area is 383 Å². The van der Waals surface area contributed by atoms with E-state index < -0.39 is 17.9 Å². The molecular weight excluding hydrogens is 821 g/mol. The molecule has 2 atom stereocenters. The first-order chi connectivity index (χ1) is 31.3. The van der Waals surface area contributed by atoms with Gasteiger partial charge in [-0.2, -0.15) is 20.5 Å². The van der Waals surface area contributed by atoms with Crippen LogP contribution in [-0.2, 0) is 0 Å². The fourth-order valence-corrected chi connectivity index (χ4v) is 6.72. The molecule has 342 valence electrons. The second kappa shape index (κ2) is 25.6. The van der Waals surface area contributed by atoms with Crippen LogP contribution in [0.15, 0.2) is 136 Å². The number of hydrogen-bond donors (Lipinski definition) is 1. The highest BCUT2D eigenvalue weighted by molar-refractivity contribution is 5.94. The lowest BCUT2D eigenvalue weighted by atomic mass is 9.98. The monoisotopic (exact) mass is 882 g/mol. The van der Waals surface area contributed by atoms with Crippen molar-refractivity contribution in [2.75, 3.05) is 13.2 Å². The molecule has 0 unspecified atom stereocenters. The highest BCUT2D eigenvalue weighted by atomic mass is 16.5. The molecule has 0 saturated carbocycles. The van der Waals surface area contributed by atoms with Crippen molar-refractivity contribution in [3.05, 3.63) is 132 Å². The first-order valence-electron chi connectivity index (χ1n) is 22.6. The maximum absolute atomic E-state index is 13.1. The molecule has 0 aliphatic heterocycles. The number of esters is 2. The van der Waals surface area contributed by atoms with Crippen LogP contribution in [0.2, 0.25) is 0 Å². The van der Waals surface area contributed by atoms with Crippen molar-refractivity contribution in [3.63, 3.8) is 0 Å². The first kappa shape index (κ1) is 49.3. The highest BCUT2D eigenvalue weighted by Gasteiger charge is 2.17. The molecule has 0 aromatic heterocycles. The highest BCUT2D eigenvalue weighted by Crippen LogP contribution is 2.28. The summed E-state index contributed by atoms with van der Waals surface area (Å²) in [4.78, 5) is 38.1. The molecule has 5 aromatic rings. The smallest absolute Gasteiger partial charge is 0.343 e. The average Bonchev–Trinajstić information content (AvgIpc) is 3.28. The molecule has 0 amide bonds. The largest absolute Gasteiger partial charge is 0.494 e. The molecule has 65 heavy (non-hydrogen) atoms. The van der Waals surface area contributed by atoms with Crippen molar-refractivity contribution in [2.45, 2.75) is 92.9 Å². The fourth-order valence-electron chi connectivity index (χ4n) is 6.72. The summed E-state index contributed by atoms with van der Waals surface area (Å²) < 4.78 is 22.9. The lowest BCUT2D eigenvalue weighted by Crippen LogP contribution is -2.11. The van der Waals surface area contributed by atoms with Crippen LogP contribution < -0.4 is 18.9 Å². The molecule has 12 nitrogen and oxygen atoms in total. The summed E-state index contributed by atoms with van der Waals surface area (Å²) in [5.41, 5.74) is 2.42. The van der Waals surface area contributed by atoms with E-state index >= 15 is 0 Å². The van der Waals surface area contributed by atoms with Gasteiger partial charge >= 0.3 is 17.9 Å². The van der Waals surface area contributed by atoms with Crippen molar-refractivity contribution < 1.29 is 38.4 Å². The van der Waals surface area contributed by atoms with E-state index in [1.165, 1.54) is 81.0 Å². The number of carbonyl (C=O) groups excluding carboxylic acids is 2. The summed E-state index contributed by atoms with van der Waals surface area (Å²) in [6.07, 6.45) is 9.45. The summed E-state index contributed by atoms with van der Waals surface area (Å²) in [7, 11) is 0. The fraction of sp³-hybridized carbons (Fsp3) is 0.377. The number of azo groups is 2. The number of carboxylic acids is 1. The van der Waals surface area contributed by atoms with Crippen LogP contribution in [0.1, 0.15) is 124 Å². The van der Waals surface area contributed by atoms with Crippen LogP contribution in [0.25, 0.3) is 0 Å². The van der Waals surface area contributed by atoms with Crippen molar-refractivity contribution in [3.8, 4) is 23.0 Å². The lowest BCUT2D eigenvalue weighted by Gasteiger charge is -2.13. The zero-order chi connectivity index (χ0) is 46.6. The first-order valence-corrected chi connectivity index (χ1v) is 22.6. The van der Waals surface area contributed by atoms with E-state index in [9.17, 15) is 19.5 Å². The van der Waals surface area contributed by atoms with Crippen molar-refractivity contribution in [1.29, 1.82) is 0 Å². The number of rotatable bonds is 25. The third kappa shape index (κ3) is 17.8. The van der Waals surface area contributed by atoms with E-state index in [0.717, 1.165) is 36.2 Å². The molecule has 0 heterocycles. The third-order valence-corrected chi connectivity index (χ3v) is 10.7. The van der Waals surface area contributed by atoms with E-state index in [1.54, 1.807) is 24.3 Å². The normalized spacial score (nSPS) is 12.4. The quantitative estimate of drug-likeness (QED) is 0.0345. The van der Waals surface area contributed by atoms with Crippen LogP contribution >= 0.6 is 0 Å². The Bertz CT molecular complexity index is 2170. The van der Waals surface area contributed by atoms with E-state index in [2.05, 4.69) is 62.0 Å². The van der Waals surface area contributed by atoms with Gasteiger partial charge in [0.1, 0.15) is 23.0 Å². The molecule has 0 saturated heterocycles. The number of carboxylic acid groups (broad SMARTS) is 1. The van der Waals surface area contributed by atoms with Gasteiger partial charge in [-0.05, 0) is 146 Å². The number of carbonyl (C=O) groups is 3. The summed E-state index contributed by atoms with van der Waals surface area (Å²) in [6.45, 7) is 14.9. The van der Waals surface area contributed by atoms with E-state index in [0.29, 0.717) is 47.8 Å². The predicted octanol–water partition coefficient (Wildman–Crippen LogP) is 15.1. The van der Waals surface area contributed by atoms with Gasteiger partial charge in [0.05, 0.1) is 52.7 Å². The molecule has 1 N–H and O–H groups in total. The lowest BCUT2D eigenvalue weighted by molar-refractivity contribution is 0.0680. The van der Waals surface area contributed by atoms with Crippen molar-refractivity contribution in [1.82, 2.24) is 0 Å². The van der Waals surface area contributed by atoms with Gasteiger partial charge in [0.25, 0.3) is 0 Å². The Kier molecular flexibility index (Phi) is 19.4. The van der Waals surface area contributed by atoms with Crippen LogP contribution in [0.3, 0.4) is 0 Å². The maximum atomic E-state index is 13.1. The third-order valence-electron chi connectivity index (χ3n) is 10.7. The molecule has 12 heteroatoms. The summed E-state index contributed by atoms with van der Waals surface area (Å²) >= 11 is 0. The Morgan fingerprint density at radius 3 is 1.09 bits per heavy atom. The van der Waals surface area contributed by atoms with Gasteiger partial charge in [-0.15, -0.1) is 0 Å². The molecule has 5 aromatic carbocycles. The Hall–Kier alpha value is -6.69. The number of benzene rings is 5. The van der Waals surface area contributed by atoms with Gasteiger partial charge in [0.15, 0.2) is 0 Å². The Balaban J connectivity index is 1.09. The number of nitrogens with zero attached hydrogens (tertiary/aromatic N) is 4. The maximum Gasteiger partial charge on any atom is 0.343 e. The zero-order valence-corrected chi connectivity index (χ0v) is 38.4. The van der Waals surface area contributed by atoms with Crippen molar-refractivity contribution in [2.24, 2.45) is 44.1 Å². The summed E-state index contributed by atoms with van der Waals surface area (Å²) in [6, 6.07) is 30.9. The minimum atomic E-state index is -1.30. The van der Waals surface area contributed by atoms with Gasteiger partial charge in [-0.25, -0.2) is 14.4 Å². The standard InChI is InChI=1S/C53H62N4O8/c1-36(2)9-7-11-38(5)29-31-62-47-25-21-45(22-26-47)56-54-43-17-13-40(14-18-43)52(60)64-49-33-42(51(58)59)34-50(35-49)65-53(61)41-15-19-44(20-16-41)55-57-46-23-27-48(28-24-46)63-32-30-39(6)12-8-10-37(3)4/h13-28,33-39H,7-12,29-32H2,1-6H3,(H,58,59)/t38-,39-/m1/s1. The minimum Gasteiger partial charge on any atom is -0.494 e. The van der Waals surface area contributed by atoms with E-state index in [1.807, 2.05) is 48.5 Å². The Morgan fingerprint density at radius 1 is 0.431 bits per heavy atom. The van der Waals surface area contributed by atoms with Crippen molar-refractivity contribution >= 4 is 40.7 Å². The van der Waals surface area contributed by atoms with E-state index in [4.69, 9.17) is 18.9 Å². The van der Waals surface area contributed by atoms with Crippen LogP contribution in [0.5, 0.6) is 23.0 Å².